The summed E-state index contributed by atoms with van der Waals surface area (Å²) in [5.74, 6) is -2.45. The van der Waals surface area contributed by atoms with E-state index in [0.29, 0.717) is 5.69 Å². The van der Waals surface area contributed by atoms with Gasteiger partial charge in [0.25, 0.3) is 0 Å². The number of amides is 1. The van der Waals surface area contributed by atoms with Crippen molar-refractivity contribution in [2.45, 2.75) is 12.3 Å². The van der Waals surface area contributed by atoms with Crippen molar-refractivity contribution in [2.75, 3.05) is 5.32 Å². The Morgan fingerprint density at radius 3 is 2.52 bits per heavy atom. The van der Waals surface area contributed by atoms with Crippen LogP contribution < -0.4 is 5.32 Å². The summed E-state index contributed by atoms with van der Waals surface area (Å²) in [7, 11) is 0. The van der Waals surface area contributed by atoms with Crippen molar-refractivity contribution < 1.29 is 24.2 Å². The number of nitrogens with zero attached hydrogens (tertiary/aromatic N) is 1. The standard InChI is InChI=1S/C20H15FN2O4/c21-15-3-1-2-4-16(15)23-10-14(20(26)27)18-19(23)13(9-17(25)22-18)11-5-7-12(24)8-6-11/h1-8,10,13,24H,9H2,(H,22,25)(H,26,27)/t13-/m0/s1. The summed E-state index contributed by atoms with van der Waals surface area (Å²) in [6.07, 6.45) is 1.40. The summed E-state index contributed by atoms with van der Waals surface area (Å²) < 4.78 is 15.9. The summed E-state index contributed by atoms with van der Waals surface area (Å²) in [6.45, 7) is 0. The largest absolute Gasteiger partial charge is 0.508 e. The van der Waals surface area contributed by atoms with Gasteiger partial charge in [0.1, 0.15) is 17.1 Å². The molecule has 0 spiro atoms. The number of rotatable bonds is 3. The minimum absolute atomic E-state index is 0.0787. The van der Waals surface area contributed by atoms with E-state index in [1.807, 2.05) is 0 Å². The lowest BCUT2D eigenvalue weighted by atomic mass is 9.88. The Bertz CT molecular complexity index is 1060. The maximum Gasteiger partial charge on any atom is 0.339 e. The van der Waals surface area contributed by atoms with Gasteiger partial charge < -0.3 is 20.1 Å². The monoisotopic (exact) mass is 366 g/mol. The highest BCUT2D eigenvalue weighted by molar-refractivity contribution is 6.04. The highest BCUT2D eigenvalue weighted by Gasteiger charge is 2.34. The van der Waals surface area contributed by atoms with E-state index in [2.05, 4.69) is 5.32 Å². The second kappa shape index (κ2) is 6.28. The molecule has 27 heavy (non-hydrogen) atoms. The number of aromatic hydroxyl groups is 1. The van der Waals surface area contributed by atoms with Crippen molar-refractivity contribution >= 4 is 17.6 Å². The third-order valence-corrected chi connectivity index (χ3v) is 4.67. The molecule has 0 saturated carbocycles. The van der Waals surface area contributed by atoms with E-state index in [1.54, 1.807) is 30.3 Å². The molecule has 7 heteroatoms. The third-order valence-electron chi connectivity index (χ3n) is 4.67. The Hall–Kier alpha value is -3.61. The van der Waals surface area contributed by atoms with Crippen LogP contribution in [0.4, 0.5) is 10.1 Å². The molecule has 0 aliphatic carbocycles. The van der Waals surface area contributed by atoms with Gasteiger partial charge in [-0.15, -0.1) is 0 Å². The topological polar surface area (TPSA) is 91.6 Å². The molecular weight excluding hydrogens is 351 g/mol. The zero-order valence-electron chi connectivity index (χ0n) is 14.0. The SMILES string of the molecule is O=C1C[C@@H](c2ccc(O)cc2)c2c(c(C(=O)O)cn2-c2ccccc2F)N1. The maximum atomic E-state index is 14.4. The van der Waals surface area contributed by atoms with Gasteiger partial charge in [0.05, 0.1) is 17.1 Å². The van der Waals surface area contributed by atoms with E-state index in [-0.39, 0.29) is 35.0 Å². The number of nitrogens with one attached hydrogen (secondary N) is 1. The minimum Gasteiger partial charge on any atom is -0.508 e. The van der Waals surface area contributed by atoms with Gasteiger partial charge in [-0.05, 0) is 29.8 Å². The lowest BCUT2D eigenvalue weighted by Crippen LogP contribution is -2.25. The number of carboxylic acids is 1. The Morgan fingerprint density at radius 1 is 1.15 bits per heavy atom. The number of hydrogen-bond acceptors (Lipinski definition) is 3. The Morgan fingerprint density at radius 2 is 1.85 bits per heavy atom. The molecule has 2 heterocycles. The van der Waals surface area contributed by atoms with Gasteiger partial charge in [0.15, 0.2) is 0 Å². The van der Waals surface area contributed by atoms with E-state index in [0.717, 1.165) is 5.56 Å². The van der Waals surface area contributed by atoms with Crippen LogP contribution in [0.5, 0.6) is 5.75 Å². The summed E-state index contributed by atoms with van der Waals surface area (Å²) >= 11 is 0. The quantitative estimate of drug-likeness (QED) is 0.662. The van der Waals surface area contributed by atoms with Crippen LogP contribution in [0.2, 0.25) is 0 Å². The molecule has 136 valence electrons. The molecule has 1 aliphatic heterocycles. The molecule has 0 fully saturated rings. The van der Waals surface area contributed by atoms with E-state index < -0.39 is 17.7 Å². The number of halogens is 1. The van der Waals surface area contributed by atoms with Crippen molar-refractivity contribution in [3.8, 4) is 11.4 Å². The molecule has 1 aromatic heterocycles. The van der Waals surface area contributed by atoms with Crippen LogP contribution >= 0.6 is 0 Å². The summed E-state index contributed by atoms with van der Waals surface area (Å²) in [5.41, 5.74) is 1.46. The van der Waals surface area contributed by atoms with E-state index in [9.17, 15) is 24.2 Å². The molecule has 1 amide bonds. The molecule has 2 aromatic carbocycles. The molecule has 6 nitrogen and oxygen atoms in total. The third kappa shape index (κ3) is 2.83. The molecule has 3 aromatic rings. The smallest absolute Gasteiger partial charge is 0.339 e. The van der Waals surface area contributed by atoms with Gasteiger partial charge in [-0.2, -0.15) is 0 Å². The summed E-state index contributed by atoms with van der Waals surface area (Å²) in [4.78, 5) is 23.9. The van der Waals surface area contributed by atoms with Crippen LogP contribution in [0.3, 0.4) is 0 Å². The first-order valence-corrected chi connectivity index (χ1v) is 8.28. The number of aromatic carboxylic acids is 1. The van der Waals surface area contributed by atoms with E-state index >= 15 is 0 Å². The molecular formula is C20H15FN2O4. The van der Waals surface area contributed by atoms with E-state index in [4.69, 9.17) is 0 Å². The Kier molecular flexibility index (Phi) is 3.92. The van der Waals surface area contributed by atoms with Crippen LogP contribution in [0.1, 0.15) is 34.0 Å². The van der Waals surface area contributed by atoms with Crippen LogP contribution in [-0.2, 0) is 4.79 Å². The van der Waals surface area contributed by atoms with Crippen LogP contribution in [0.25, 0.3) is 5.69 Å². The first-order chi connectivity index (χ1) is 13.0. The number of aromatic nitrogens is 1. The van der Waals surface area contributed by atoms with Crippen molar-refractivity contribution in [1.29, 1.82) is 0 Å². The second-order valence-corrected chi connectivity index (χ2v) is 6.33. The maximum absolute atomic E-state index is 14.4. The molecule has 3 N–H and O–H groups in total. The molecule has 4 rings (SSSR count). The number of benzene rings is 2. The molecule has 0 radical (unpaired) electrons. The number of fused-ring (bicyclic) bond motifs is 1. The molecule has 1 atom stereocenters. The number of para-hydroxylation sites is 1. The number of anilines is 1. The van der Waals surface area contributed by atoms with Gasteiger partial charge in [-0.25, -0.2) is 9.18 Å². The fraction of sp³-hybridized carbons (Fsp3) is 0.100. The van der Waals surface area contributed by atoms with Gasteiger partial charge in [0, 0.05) is 18.5 Å². The minimum atomic E-state index is -1.21. The average Bonchev–Trinajstić information content (AvgIpc) is 3.01. The zero-order valence-corrected chi connectivity index (χ0v) is 14.0. The van der Waals surface area contributed by atoms with Crippen molar-refractivity contribution in [3.63, 3.8) is 0 Å². The Balaban J connectivity index is 1.99. The van der Waals surface area contributed by atoms with Gasteiger partial charge >= 0.3 is 5.97 Å². The van der Waals surface area contributed by atoms with Crippen molar-refractivity contribution in [1.82, 2.24) is 4.57 Å². The number of carboxylic acid groups (broad SMARTS) is 1. The van der Waals surface area contributed by atoms with Crippen LogP contribution in [0.15, 0.2) is 54.7 Å². The van der Waals surface area contributed by atoms with Gasteiger partial charge in [-0.1, -0.05) is 24.3 Å². The molecule has 0 unspecified atom stereocenters. The van der Waals surface area contributed by atoms with E-state index in [1.165, 1.54) is 29.0 Å². The summed E-state index contributed by atoms with van der Waals surface area (Å²) in [6, 6.07) is 12.4. The molecule has 0 saturated heterocycles. The first kappa shape index (κ1) is 16.8. The highest BCUT2D eigenvalue weighted by Crippen LogP contribution is 2.42. The molecule has 0 bridgehead atoms. The summed E-state index contributed by atoms with van der Waals surface area (Å²) in [5, 5.41) is 21.7. The van der Waals surface area contributed by atoms with Crippen molar-refractivity contribution in [2.24, 2.45) is 0 Å². The van der Waals surface area contributed by atoms with Gasteiger partial charge in [0.2, 0.25) is 5.91 Å². The normalized spacial score (nSPS) is 15.9. The average molecular weight is 366 g/mol. The highest BCUT2D eigenvalue weighted by atomic mass is 19.1. The lowest BCUT2D eigenvalue weighted by Gasteiger charge is -2.26. The fourth-order valence-corrected chi connectivity index (χ4v) is 3.46. The molecule has 1 aliphatic rings. The Labute approximate surface area is 153 Å². The second-order valence-electron chi connectivity index (χ2n) is 6.33. The predicted octanol–water partition coefficient (Wildman–Crippen LogP) is 3.49. The van der Waals surface area contributed by atoms with Crippen molar-refractivity contribution in [3.05, 3.63) is 77.4 Å². The predicted molar refractivity (Wildman–Crippen MR) is 95.9 cm³/mol. The number of carbonyl (C=O) groups excluding carboxylic acids is 1. The van der Waals surface area contributed by atoms with Gasteiger partial charge in [-0.3, -0.25) is 4.79 Å². The zero-order chi connectivity index (χ0) is 19.1. The first-order valence-electron chi connectivity index (χ1n) is 8.28. The van der Waals surface area contributed by atoms with Crippen LogP contribution in [0, 0.1) is 5.82 Å². The van der Waals surface area contributed by atoms with Crippen LogP contribution in [-0.4, -0.2) is 26.7 Å². The fourth-order valence-electron chi connectivity index (χ4n) is 3.46. The number of carbonyl (C=O) groups is 2. The number of phenolic OH excluding ortho intramolecular Hbond substituents is 1. The lowest BCUT2D eigenvalue weighted by molar-refractivity contribution is -0.116. The number of hydrogen-bond donors (Lipinski definition) is 3. The number of phenols is 1.